The first-order valence-electron chi connectivity index (χ1n) is 11.7. The van der Waals surface area contributed by atoms with Gasteiger partial charge in [-0.1, -0.05) is 60.7 Å². The van der Waals surface area contributed by atoms with Crippen molar-refractivity contribution in [3.8, 4) is 28.5 Å². The molecule has 8 nitrogen and oxygen atoms in total. The Morgan fingerprint density at radius 1 is 0.919 bits per heavy atom. The minimum atomic E-state index is -0.654. The summed E-state index contributed by atoms with van der Waals surface area (Å²) in [5.74, 6) is -0.249. The fourth-order valence-corrected chi connectivity index (χ4v) is 4.01. The van der Waals surface area contributed by atoms with Crippen LogP contribution in [-0.4, -0.2) is 33.2 Å². The van der Waals surface area contributed by atoms with E-state index < -0.39 is 18.5 Å². The number of ether oxygens (including phenoxy) is 1. The number of carbonyl (C=O) groups excluding carboxylic acids is 2. The molecule has 5 aromatic rings. The Labute approximate surface area is 213 Å². The highest BCUT2D eigenvalue weighted by molar-refractivity contribution is 5.99. The number of aromatic nitrogens is 3. The maximum atomic E-state index is 12.9. The summed E-state index contributed by atoms with van der Waals surface area (Å²) in [6.45, 7) is 3.22. The molecule has 0 aliphatic carbocycles. The van der Waals surface area contributed by atoms with Crippen molar-refractivity contribution < 1.29 is 18.7 Å². The van der Waals surface area contributed by atoms with Gasteiger partial charge < -0.3 is 14.5 Å². The molecule has 8 heteroatoms. The summed E-state index contributed by atoms with van der Waals surface area (Å²) < 4.78 is 13.0. The van der Waals surface area contributed by atoms with Gasteiger partial charge in [0.1, 0.15) is 0 Å². The van der Waals surface area contributed by atoms with Crippen LogP contribution in [0.3, 0.4) is 0 Å². The molecule has 2 aromatic heterocycles. The molecule has 0 saturated heterocycles. The molecular formula is C29H24N4O4. The van der Waals surface area contributed by atoms with E-state index in [9.17, 15) is 9.59 Å². The van der Waals surface area contributed by atoms with Crippen molar-refractivity contribution >= 4 is 17.6 Å². The van der Waals surface area contributed by atoms with Crippen molar-refractivity contribution in [2.75, 3.05) is 11.9 Å². The van der Waals surface area contributed by atoms with Crippen LogP contribution in [0.2, 0.25) is 0 Å². The monoisotopic (exact) mass is 492 g/mol. The van der Waals surface area contributed by atoms with Gasteiger partial charge in [0.2, 0.25) is 5.89 Å². The summed E-state index contributed by atoms with van der Waals surface area (Å²) in [5, 5.41) is 7.34. The molecule has 0 spiro atoms. The number of para-hydroxylation sites is 1. The average molecular weight is 493 g/mol. The van der Waals surface area contributed by atoms with Crippen molar-refractivity contribution in [1.82, 2.24) is 14.8 Å². The van der Waals surface area contributed by atoms with E-state index in [0.29, 0.717) is 22.7 Å². The van der Waals surface area contributed by atoms with Crippen LogP contribution in [0, 0.1) is 13.8 Å². The molecule has 1 N–H and O–H groups in total. The Hall–Kier alpha value is -4.98. The molecule has 37 heavy (non-hydrogen) atoms. The highest BCUT2D eigenvalue weighted by atomic mass is 16.5. The molecule has 5 rings (SSSR count). The maximum absolute atomic E-state index is 12.9. The summed E-state index contributed by atoms with van der Waals surface area (Å²) in [7, 11) is 0. The van der Waals surface area contributed by atoms with Gasteiger partial charge in [0.25, 0.3) is 5.91 Å². The molecular weight excluding hydrogens is 468 g/mol. The largest absolute Gasteiger partial charge is 0.452 e. The van der Waals surface area contributed by atoms with E-state index in [1.807, 2.05) is 74.5 Å². The lowest BCUT2D eigenvalue weighted by molar-refractivity contribution is -0.119. The molecule has 184 valence electrons. The van der Waals surface area contributed by atoms with Crippen molar-refractivity contribution in [3.05, 3.63) is 108 Å². The SMILES string of the molecule is Cc1nn(-c2ccccc2)c(C)c1NC(=O)COC(=O)c1ccccc1-c1ncc(-c2ccccc2)o1. The van der Waals surface area contributed by atoms with Crippen LogP contribution in [0.15, 0.2) is 95.5 Å². The predicted octanol–water partition coefficient (Wildman–Crippen LogP) is 5.61. The second kappa shape index (κ2) is 10.3. The number of esters is 1. The number of hydrogen-bond donors (Lipinski definition) is 1. The number of carbonyl (C=O) groups is 2. The molecule has 0 saturated carbocycles. The number of benzene rings is 3. The topological polar surface area (TPSA) is 99.2 Å². The van der Waals surface area contributed by atoms with Gasteiger partial charge in [0, 0.05) is 5.56 Å². The number of rotatable bonds is 7. The predicted molar refractivity (Wildman–Crippen MR) is 139 cm³/mol. The third kappa shape index (κ3) is 5.04. The van der Waals surface area contributed by atoms with Gasteiger partial charge in [-0.3, -0.25) is 4.79 Å². The molecule has 0 radical (unpaired) electrons. The van der Waals surface area contributed by atoms with Crippen molar-refractivity contribution in [3.63, 3.8) is 0 Å². The first-order valence-corrected chi connectivity index (χ1v) is 11.7. The van der Waals surface area contributed by atoms with Crippen LogP contribution in [0.1, 0.15) is 21.7 Å². The van der Waals surface area contributed by atoms with Gasteiger partial charge in [-0.15, -0.1) is 0 Å². The fourth-order valence-electron chi connectivity index (χ4n) is 4.01. The lowest BCUT2D eigenvalue weighted by Crippen LogP contribution is -2.21. The van der Waals surface area contributed by atoms with Gasteiger partial charge in [-0.05, 0) is 38.1 Å². The van der Waals surface area contributed by atoms with Crippen molar-refractivity contribution in [1.29, 1.82) is 0 Å². The van der Waals surface area contributed by atoms with Crippen LogP contribution < -0.4 is 5.32 Å². The molecule has 0 aliphatic heterocycles. The van der Waals surface area contributed by atoms with E-state index in [-0.39, 0.29) is 11.5 Å². The number of oxazole rings is 1. The van der Waals surface area contributed by atoms with E-state index in [4.69, 9.17) is 9.15 Å². The van der Waals surface area contributed by atoms with E-state index in [1.165, 1.54) is 0 Å². The van der Waals surface area contributed by atoms with Crippen LogP contribution in [0.5, 0.6) is 0 Å². The van der Waals surface area contributed by atoms with Crippen LogP contribution in [0.25, 0.3) is 28.5 Å². The van der Waals surface area contributed by atoms with Crippen molar-refractivity contribution in [2.24, 2.45) is 0 Å². The number of anilines is 1. The Balaban J connectivity index is 1.28. The lowest BCUT2D eigenvalue weighted by atomic mass is 10.1. The number of hydrogen-bond acceptors (Lipinski definition) is 6. The minimum absolute atomic E-state index is 0.251. The molecule has 1 amide bonds. The van der Waals surface area contributed by atoms with E-state index in [1.54, 1.807) is 35.1 Å². The molecule has 0 unspecified atom stereocenters. The summed E-state index contributed by atoms with van der Waals surface area (Å²) in [4.78, 5) is 29.9. The van der Waals surface area contributed by atoms with Crippen molar-refractivity contribution in [2.45, 2.75) is 13.8 Å². The number of aryl methyl sites for hydroxylation is 1. The fraction of sp³-hybridized carbons (Fsp3) is 0.103. The van der Waals surface area contributed by atoms with E-state index in [2.05, 4.69) is 15.4 Å². The molecule has 2 heterocycles. The highest BCUT2D eigenvalue weighted by Gasteiger charge is 2.20. The van der Waals surface area contributed by atoms with Crippen LogP contribution in [-0.2, 0) is 9.53 Å². The molecule has 0 bridgehead atoms. The normalized spacial score (nSPS) is 10.8. The third-order valence-electron chi connectivity index (χ3n) is 5.83. The summed E-state index contributed by atoms with van der Waals surface area (Å²) in [5.41, 5.74) is 4.49. The number of nitrogens with zero attached hydrogens (tertiary/aromatic N) is 3. The molecule has 3 aromatic carbocycles. The van der Waals surface area contributed by atoms with Gasteiger partial charge >= 0.3 is 5.97 Å². The second-order valence-electron chi connectivity index (χ2n) is 8.36. The van der Waals surface area contributed by atoms with Crippen LogP contribution >= 0.6 is 0 Å². The summed E-state index contributed by atoms with van der Waals surface area (Å²) in [6.07, 6.45) is 1.61. The second-order valence-corrected chi connectivity index (χ2v) is 8.36. The summed E-state index contributed by atoms with van der Waals surface area (Å²) in [6, 6.07) is 26.0. The zero-order valence-corrected chi connectivity index (χ0v) is 20.3. The maximum Gasteiger partial charge on any atom is 0.339 e. The Morgan fingerprint density at radius 2 is 1.59 bits per heavy atom. The lowest BCUT2D eigenvalue weighted by Gasteiger charge is -2.09. The number of amides is 1. The van der Waals surface area contributed by atoms with E-state index >= 15 is 0 Å². The summed E-state index contributed by atoms with van der Waals surface area (Å²) >= 11 is 0. The quantitative estimate of drug-likeness (QED) is 0.297. The molecule has 0 fully saturated rings. The van der Waals surface area contributed by atoms with Gasteiger partial charge in [0.05, 0.1) is 40.1 Å². The first-order chi connectivity index (χ1) is 18.0. The van der Waals surface area contributed by atoms with Crippen LogP contribution in [0.4, 0.5) is 5.69 Å². The minimum Gasteiger partial charge on any atom is -0.452 e. The highest BCUT2D eigenvalue weighted by Crippen LogP contribution is 2.28. The first kappa shape index (κ1) is 23.7. The zero-order chi connectivity index (χ0) is 25.8. The molecule has 0 aliphatic rings. The standard InChI is InChI=1S/C29H24N4O4/c1-19-27(20(2)33(32-19)22-13-7-4-8-14-22)31-26(34)18-36-29(35)24-16-10-9-15-23(24)28-30-17-25(37-28)21-11-5-3-6-12-21/h3-17H,18H2,1-2H3,(H,31,34). The Morgan fingerprint density at radius 3 is 2.35 bits per heavy atom. The smallest absolute Gasteiger partial charge is 0.339 e. The molecule has 0 atom stereocenters. The van der Waals surface area contributed by atoms with E-state index in [0.717, 1.165) is 16.9 Å². The van der Waals surface area contributed by atoms with Gasteiger partial charge in [0.15, 0.2) is 12.4 Å². The van der Waals surface area contributed by atoms with Gasteiger partial charge in [-0.2, -0.15) is 5.10 Å². The Kier molecular flexibility index (Phi) is 6.63. The van der Waals surface area contributed by atoms with Gasteiger partial charge in [-0.25, -0.2) is 14.5 Å². The third-order valence-corrected chi connectivity index (χ3v) is 5.83. The zero-order valence-electron chi connectivity index (χ0n) is 20.3. The average Bonchev–Trinajstić information content (AvgIpc) is 3.54. The number of nitrogens with one attached hydrogen (secondary N) is 1. The Bertz CT molecular complexity index is 1560.